The summed E-state index contributed by atoms with van der Waals surface area (Å²) in [6.45, 7) is 0.294. The Bertz CT molecular complexity index is 1170. The number of aromatic nitrogens is 2. The number of aliphatic carboxylic acids is 2. The predicted molar refractivity (Wildman–Crippen MR) is 118 cm³/mol. The zero-order valence-corrected chi connectivity index (χ0v) is 17.2. The maximum absolute atomic E-state index is 12.3. The van der Waals surface area contributed by atoms with E-state index in [1.54, 1.807) is 18.3 Å². The van der Waals surface area contributed by atoms with Gasteiger partial charge in [-0.25, -0.2) is 9.78 Å². The highest BCUT2D eigenvalue weighted by atomic mass is 16.4. The molecule has 1 aliphatic heterocycles. The molecule has 33 heavy (non-hydrogen) atoms. The second-order valence-electron chi connectivity index (χ2n) is 7.10. The normalized spacial score (nSPS) is 12.9. The van der Waals surface area contributed by atoms with Crippen molar-refractivity contribution in [2.75, 3.05) is 34.1 Å². The van der Waals surface area contributed by atoms with Crippen molar-refractivity contribution in [3.05, 3.63) is 52.1 Å². The van der Waals surface area contributed by atoms with Gasteiger partial charge < -0.3 is 31.9 Å². The maximum Gasteiger partial charge on any atom is 0.336 e. The van der Waals surface area contributed by atoms with Crippen molar-refractivity contribution in [2.24, 2.45) is 0 Å². The second kappa shape index (κ2) is 9.59. The number of nitrogens with two attached hydrogens (primary N) is 2. The number of carboxylic acid groups (broad SMARTS) is 2. The first-order chi connectivity index (χ1) is 15.7. The number of nitrogens with one attached hydrogen (secondary N) is 5. The third kappa shape index (κ3) is 5.49. The molecular formula is C19H23N8O6+. The van der Waals surface area contributed by atoms with Crippen LogP contribution in [0.2, 0.25) is 0 Å². The third-order valence-electron chi connectivity index (χ3n) is 4.75. The monoisotopic (exact) mass is 459 g/mol. The first-order valence-electron chi connectivity index (χ1n) is 9.70. The summed E-state index contributed by atoms with van der Waals surface area (Å²) in [6.07, 6.45) is 1.01. The number of amides is 1. The number of hydrogen-bond donors (Lipinski definition) is 9. The largest absolute Gasteiger partial charge is 0.481 e. The van der Waals surface area contributed by atoms with E-state index in [1.165, 1.54) is 12.1 Å². The van der Waals surface area contributed by atoms with Crippen LogP contribution in [-0.2, 0) is 9.59 Å². The summed E-state index contributed by atoms with van der Waals surface area (Å²) in [5.74, 6) is 2.98. The topological polar surface area (TPSA) is 229 Å². The van der Waals surface area contributed by atoms with E-state index < -0.39 is 29.4 Å². The molecule has 1 aliphatic rings. The summed E-state index contributed by atoms with van der Waals surface area (Å²) in [6, 6.07) is 4.92. The zero-order chi connectivity index (χ0) is 24.1. The summed E-state index contributed by atoms with van der Waals surface area (Å²) in [7, 11) is 0. The Kier molecular flexibility index (Phi) is 6.66. The Morgan fingerprint density at radius 3 is 2.48 bits per heavy atom. The minimum atomic E-state index is -1.31. The van der Waals surface area contributed by atoms with Gasteiger partial charge >= 0.3 is 23.4 Å². The number of aromatic amines is 1. The van der Waals surface area contributed by atoms with Gasteiger partial charge in [-0.1, -0.05) is 0 Å². The Morgan fingerprint density at radius 1 is 1.15 bits per heavy atom. The molecule has 1 amide bonds. The highest BCUT2D eigenvalue weighted by Crippen LogP contribution is 2.19. The van der Waals surface area contributed by atoms with Gasteiger partial charge in [0, 0.05) is 17.7 Å². The van der Waals surface area contributed by atoms with Crippen LogP contribution in [-0.4, -0.2) is 45.6 Å². The molecule has 0 saturated carbocycles. The number of anilines is 4. The molecule has 0 radical (unpaired) electrons. The zero-order valence-electron chi connectivity index (χ0n) is 17.2. The van der Waals surface area contributed by atoms with Gasteiger partial charge in [0.05, 0.1) is 18.4 Å². The van der Waals surface area contributed by atoms with Gasteiger partial charge in [0.25, 0.3) is 11.7 Å². The first kappa shape index (κ1) is 22.9. The van der Waals surface area contributed by atoms with E-state index in [0.29, 0.717) is 23.7 Å². The van der Waals surface area contributed by atoms with E-state index in [0.717, 1.165) is 4.68 Å². The summed E-state index contributed by atoms with van der Waals surface area (Å²) in [5.41, 5.74) is 6.87. The van der Waals surface area contributed by atoms with Crippen LogP contribution in [0.15, 0.2) is 41.0 Å². The number of benzene rings is 1. The molecule has 0 aliphatic carbocycles. The average Bonchev–Trinajstić information content (AvgIpc) is 2.78. The first-order valence-corrected chi connectivity index (χ1v) is 9.70. The Hall–Kier alpha value is -4.75. The summed E-state index contributed by atoms with van der Waals surface area (Å²) < 4.78 is 1.10. The van der Waals surface area contributed by atoms with Crippen molar-refractivity contribution in [3.63, 3.8) is 0 Å². The fraction of sp³-hybridized carbons (Fsp3) is 0.211. The van der Waals surface area contributed by atoms with Gasteiger partial charge in [0.2, 0.25) is 0 Å². The van der Waals surface area contributed by atoms with Crippen LogP contribution in [0.3, 0.4) is 0 Å². The summed E-state index contributed by atoms with van der Waals surface area (Å²) in [4.78, 5) is 48.7. The summed E-state index contributed by atoms with van der Waals surface area (Å²) in [5, 5.41) is 29.1. The van der Waals surface area contributed by atoms with Crippen LogP contribution in [0.4, 0.5) is 23.1 Å². The molecule has 14 heteroatoms. The molecule has 0 unspecified atom stereocenters. The smallest absolute Gasteiger partial charge is 0.336 e. The maximum atomic E-state index is 12.3. The fourth-order valence-corrected chi connectivity index (χ4v) is 3.00. The minimum Gasteiger partial charge on any atom is -0.481 e. The number of nitrogen functional groups attached to an aromatic ring is 2. The van der Waals surface area contributed by atoms with Gasteiger partial charge in [-0.3, -0.25) is 25.5 Å². The standard InChI is InChI=1S/C19H22N8O6/c20-19-26-17(31)14-15(27(19)21)23-8-11(24-14)7-22-10-3-1-9(2-4-10)16(30)25-12(18(32)33)5-6-13(28)29/h1-4,8,12,24H,5-7,21H2,(H7,20,22,23,25,26,28,29,30,31,32,33)/p+1/t12-/m0/s1. The SMILES string of the molecule is Nc1[nH]c(=O)c2c([n+]1N)NC=C(CNc1ccc(C(=O)N[C@@H](CCC(=O)O)C(=O)O)cc1)N2. The van der Waals surface area contributed by atoms with E-state index in [4.69, 9.17) is 21.8 Å². The molecule has 2 heterocycles. The lowest BCUT2D eigenvalue weighted by Gasteiger charge is -2.19. The summed E-state index contributed by atoms with van der Waals surface area (Å²) >= 11 is 0. The molecule has 174 valence electrons. The van der Waals surface area contributed by atoms with Crippen molar-refractivity contribution >= 4 is 41.0 Å². The van der Waals surface area contributed by atoms with E-state index in [-0.39, 0.29) is 30.0 Å². The highest BCUT2D eigenvalue weighted by Gasteiger charge is 2.23. The number of hydrogen-bond acceptors (Lipinski definition) is 9. The minimum absolute atomic E-state index is 0.0105. The molecule has 1 aromatic heterocycles. The molecular weight excluding hydrogens is 436 g/mol. The number of carbonyl (C=O) groups excluding carboxylic acids is 1. The number of nitrogens with zero attached hydrogens (tertiary/aromatic N) is 1. The van der Waals surface area contributed by atoms with Crippen molar-refractivity contribution in [1.82, 2.24) is 10.3 Å². The van der Waals surface area contributed by atoms with Crippen LogP contribution < -0.4 is 43.1 Å². The Labute approximate surface area is 186 Å². The molecule has 3 rings (SSSR count). The molecule has 0 bridgehead atoms. The second-order valence-corrected chi connectivity index (χ2v) is 7.10. The van der Waals surface area contributed by atoms with Crippen LogP contribution in [0.1, 0.15) is 23.2 Å². The van der Waals surface area contributed by atoms with Gasteiger partial charge in [-0.2, -0.15) is 0 Å². The molecule has 1 atom stereocenters. The van der Waals surface area contributed by atoms with Gasteiger partial charge in [0.15, 0.2) is 5.69 Å². The van der Waals surface area contributed by atoms with Crippen LogP contribution in [0, 0.1) is 0 Å². The Morgan fingerprint density at radius 2 is 1.85 bits per heavy atom. The van der Waals surface area contributed by atoms with Crippen molar-refractivity contribution in [3.8, 4) is 0 Å². The van der Waals surface area contributed by atoms with Crippen molar-refractivity contribution in [2.45, 2.75) is 18.9 Å². The molecule has 0 spiro atoms. The van der Waals surface area contributed by atoms with Crippen LogP contribution in [0.25, 0.3) is 0 Å². The quantitative estimate of drug-likeness (QED) is 0.160. The number of carboxylic acids is 2. The number of rotatable bonds is 9. The van der Waals surface area contributed by atoms with E-state index in [1.807, 2.05) is 0 Å². The molecule has 0 saturated heterocycles. The van der Waals surface area contributed by atoms with E-state index in [9.17, 15) is 19.2 Å². The predicted octanol–water partition coefficient (Wildman–Crippen LogP) is -1.20. The lowest BCUT2D eigenvalue weighted by molar-refractivity contribution is -0.611. The van der Waals surface area contributed by atoms with Gasteiger partial charge in [0.1, 0.15) is 6.04 Å². The lowest BCUT2D eigenvalue weighted by Crippen LogP contribution is -2.52. The van der Waals surface area contributed by atoms with E-state index >= 15 is 0 Å². The highest BCUT2D eigenvalue weighted by molar-refractivity contribution is 5.97. The molecule has 2 aromatic rings. The molecule has 14 nitrogen and oxygen atoms in total. The average molecular weight is 459 g/mol. The van der Waals surface area contributed by atoms with Crippen molar-refractivity contribution < 1.29 is 29.3 Å². The van der Waals surface area contributed by atoms with Gasteiger partial charge in [-0.15, -0.1) is 4.68 Å². The molecule has 1 aromatic carbocycles. The van der Waals surface area contributed by atoms with Crippen LogP contribution in [0.5, 0.6) is 0 Å². The van der Waals surface area contributed by atoms with Gasteiger partial charge in [-0.05, 0) is 30.7 Å². The lowest BCUT2D eigenvalue weighted by atomic mass is 10.1. The molecule has 0 fully saturated rings. The van der Waals surface area contributed by atoms with Crippen LogP contribution >= 0.6 is 0 Å². The Balaban J connectivity index is 1.58. The van der Waals surface area contributed by atoms with Crippen molar-refractivity contribution in [1.29, 1.82) is 0 Å². The number of fused-ring (bicyclic) bond motifs is 1. The third-order valence-corrected chi connectivity index (χ3v) is 4.75. The molecule has 11 N–H and O–H groups in total. The number of H-pyrrole nitrogens is 1. The number of carbonyl (C=O) groups is 3. The van der Waals surface area contributed by atoms with E-state index in [2.05, 4.69) is 26.3 Å². The fourth-order valence-electron chi connectivity index (χ4n) is 3.00.